The first-order valence-electron chi connectivity index (χ1n) is 9.09. The van der Waals surface area contributed by atoms with Crippen LogP contribution >= 0.6 is 0 Å². The normalized spacial score (nSPS) is 14.2. The van der Waals surface area contributed by atoms with E-state index in [0.717, 1.165) is 18.4 Å². The van der Waals surface area contributed by atoms with Crippen molar-refractivity contribution in [3.05, 3.63) is 59.4 Å². The Kier molecular flexibility index (Phi) is 5.82. The van der Waals surface area contributed by atoms with E-state index in [-0.39, 0.29) is 22.9 Å². The number of carboxylic acid groups (broad SMARTS) is 1. The van der Waals surface area contributed by atoms with E-state index < -0.39 is 12.6 Å². The summed E-state index contributed by atoms with van der Waals surface area (Å²) in [6.45, 7) is 2.04. The molecule has 0 unspecified atom stereocenters. The lowest BCUT2D eigenvalue weighted by molar-refractivity contribution is -0.139. The van der Waals surface area contributed by atoms with Gasteiger partial charge < -0.3 is 19.9 Å². The van der Waals surface area contributed by atoms with Gasteiger partial charge in [0.2, 0.25) is 0 Å². The minimum absolute atomic E-state index is 0.217. The summed E-state index contributed by atoms with van der Waals surface area (Å²) < 4.78 is 24.2. The van der Waals surface area contributed by atoms with Gasteiger partial charge in [0.1, 0.15) is 5.82 Å². The Bertz CT molecular complexity index is 879. The Morgan fingerprint density at radius 2 is 1.93 bits per heavy atom. The SMILES string of the molecule is CCOc1cc(C(=O)NCC2(c3cccc(F)c3)CC2)ccc1OCC(=O)O. The smallest absolute Gasteiger partial charge is 0.341 e. The molecule has 0 radical (unpaired) electrons. The first-order valence-corrected chi connectivity index (χ1v) is 9.09. The predicted molar refractivity (Wildman–Crippen MR) is 100 cm³/mol. The fourth-order valence-electron chi connectivity index (χ4n) is 3.06. The van der Waals surface area contributed by atoms with Crippen LogP contribution in [-0.4, -0.2) is 36.7 Å². The molecule has 2 aromatic carbocycles. The number of amides is 1. The number of carboxylic acids is 1. The molecule has 0 spiro atoms. The van der Waals surface area contributed by atoms with Gasteiger partial charge >= 0.3 is 5.97 Å². The summed E-state index contributed by atoms with van der Waals surface area (Å²) in [6.07, 6.45) is 1.78. The van der Waals surface area contributed by atoms with Crippen molar-refractivity contribution in [3.63, 3.8) is 0 Å². The molecule has 0 saturated heterocycles. The molecular formula is C21H22FNO5. The Balaban J connectivity index is 1.68. The van der Waals surface area contributed by atoms with Crippen molar-refractivity contribution in [3.8, 4) is 11.5 Å². The van der Waals surface area contributed by atoms with E-state index in [1.807, 2.05) is 6.07 Å². The maximum Gasteiger partial charge on any atom is 0.341 e. The zero-order valence-electron chi connectivity index (χ0n) is 15.5. The molecule has 0 bridgehead atoms. The van der Waals surface area contributed by atoms with E-state index in [0.29, 0.717) is 24.5 Å². The van der Waals surface area contributed by atoms with Crippen LogP contribution in [0.2, 0.25) is 0 Å². The molecule has 7 heteroatoms. The maximum absolute atomic E-state index is 13.5. The second-order valence-corrected chi connectivity index (χ2v) is 6.75. The predicted octanol–water partition coefficient (Wildman–Crippen LogP) is 3.15. The van der Waals surface area contributed by atoms with Crippen LogP contribution in [0.1, 0.15) is 35.7 Å². The Hall–Kier alpha value is -3.09. The minimum atomic E-state index is -1.10. The molecule has 0 aliphatic heterocycles. The van der Waals surface area contributed by atoms with Crippen LogP contribution in [0.3, 0.4) is 0 Å². The number of ether oxygens (including phenoxy) is 2. The lowest BCUT2D eigenvalue weighted by Gasteiger charge is -2.17. The number of carbonyl (C=O) groups is 2. The summed E-state index contributed by atoms with van der Waals surface area (Å²) in [5, 5.41) is 11.7. The highest BCUT2D eigenvalue weighted by Gasteiger charge is 2.44. The van der Waals surface area contributed by atoms with E-state index in [2.05, 4.69) is 5.32 Å². The second-order valence-electron chi connectivity index (χ2n) is 6.75. The van der Waals surface area contributed by atoms with Gasteiger partial charge in [-0.1, -0.05) is 12.1 Å². The van der Waals surface area contributed by atoms with Gasteiger partial charge in [0, 0.05) is 17.5 Å². The van der Waals surface area contributed by atoms with E-state index in [1.165, 1.54) is 24.3 Å². The number of benzene rings is 2. The van der Waals surface area contributed by atoms with Crippen molar-refractivity contribution >= 4 is 11.9 Å². The molecule has 2 aromatic rings. The van der Waals surface area contributed by atoms with E-state index >= 15 is 0 Å². The maximum atomic E-state index is 13.5. The third-order valence-electron chi connectivity index (χ3n) is 4.73. The van der Waals surface area contributed by atoms with Gasteiger partial charge in [-0.15, -0.1) is 0 Å². The Labute approximate surface area is 162 Å². The summed E-state index contributed by atoms with van der Waals surface area (Å²) in [7, 11) is 0. The van der Waals surface area contributed by atoms with Crippen molar-refractivity contribution in [2.24, 2.45) is 0 Å². The van der Waals surface area contributed by atoms with Gasteiger partial charge in [0.25, 0.3) is 5.91 Å². The summed E-state index contributed by atoms with van der Waals surface area (Å²) >= 11 is 0. The van der Waals surface area contributed by atoms with Gasteiger partial charge in [-0.2, -0.15) is 0 Å². The minimum Gasteiger partial charge on any atom is -0.490 e. The molecule has 0 heterocycles. The molecule has 0 aromatic heterocycles. The monoisotopic (exact) mass is 387 g/mol. The third-order valence-corrected chi connectivity index (χ3v) is 4.73. The van der Waals surface area contributed by atoms with Crippen LogP contribution in [0.25, 0.3) is 0 Å². The van der Waals surface area contributed by atoms with Gasteiger partial charge in [0.15, 0.2) is 18.1 Å². The molecule has 148 valence electrons. The molecule has 3 rings (SSSR count). The van der Waals surface area contributed by atoms with Gasteiger partial charge in [-0.25, -0.2) is 9.18 Å². The lowest BCUT2D eigenvalue weighted by atomic mass is 9.95. The quantitative estimate of drug-likeness (QED) is 0.691. The topological polar surface area (TPSA) is 84.9 Å². The molecule has 0 atom stereocenters. The summed E-state index contributed by atoms with van der Waals surface area (Å²) in [5.74, 6) is -1.10. The number of carbonyl (C=O) groups excluding carboxylic acids is 1. The molecule has 1 fully saturated rings. The fourth-order valence-corrected chi connectivity index (χ4v) is 3.06. The molecular weight excluding hydrogens is 365 g/mol. The van der Waals surface area contributed by atoms with Crippen molar-refractivity contribution in [1.29, 1.82) is 0 Å². The number of rotatable bonds is 9. The van der Waals surface area contributed by atoms with Gasteiger partial charge in [-0.05, 0) is 55.7 Å². The third kappa shape index (κ3) is 4.60. The molecule has 1 saturated carbocycles. The van der Waals surface area contributed by atoms with Crippen LogP contribution < -0.4 is 14.8 Å². The van der Waals surface area contributed by atoms with Crippen molar-refractivity contribution in [2.75, 3.05) is 19.8 Å². The lowest BCUT2D eigenvalue weighted by Crippen LogP contribution is -2.32. The summed E-state index contributed by atoms with van der Waals surface area (Å²) in [4.78, 5) is 23.3. The fraction of sp³-hybridized carbons (Fsp3) is 0.333. The van der Waals surface area contributed by atoms with E-state index in [1.54, 1.807) is 19.1 Å². The van der Waals surface area contributed by atoms with Crippen molar-refractivity contribution in [2.45, 2.75) is 25.2 Å². The van der Waals surface area contributed by atoms with Gasteiger partial charge in [0.05, 0.1) is 6.61 Å². The van der Waals surface area contributed by atoms with Crippen LogP contribution in [0.15, 0.2) is 42.5 Å². The Morgan fingerprint density at radius 1 is 1.14 bits per heavy atom. The number of aliphatic carboxylic acids is 1. The average Bonchev–Trinajstić information content (AvgIpc) is 3.46. The summed E-state index contributed by atoms with van der Waals surface area (Å²) in [5.41, 5.74) is 1.05. The highest BCUT2D eigenvalue weighted by Crippen LogP contribution is 2.47. The zero-order valence-corrected chi connectivity index (χ0v) is 15.5. The first-order chi connectivity index (χ1) is 13.4. The van der Waals surface area contributed by atoms with Gasteiger partial charge in [-0.3, -0.25) is 4.79 Å². The molecule has 1 aliphatic carbocycles. The zero-order chi connectivity index (χ0) is 20.1. The largest absolute Gasteiger partial charge is 0.490 e. The highest BCUT2D eigenvalue weighted by atomic mass is 19.1. The van der Waals surface area contributed by atoms with Crippen LogP contribution in [0.4, 0.5) is 4.39 Å². The number of hydrogen-bond acceptors (Lipinski definition) is 4. The summed E-state index contributed by atoms with van der Waals surface area (Å²) in [6, 6.07) is 11.1. The molecule has 6 nitrogen and oxygen atoms in total. The second kappa shape index (κ2) is 8.29. The first kappa shape index (κ1) is 19.7. The van der Waals surface area contributed by atoms with Crippen molar-refractivity contribution < 1.29 is 28.6 Å². The van der Waals surface area contributed by atoms with E-state index in [9.17, 15) is 14.0 Å². The number of nitrogens with one attached hydrogen (secondary N) is 1. The molecule has 1 aliphatic rings. The Morgan fingerprint density at radius 3 is 2.57 bits per heavy atom. The van der Waals surface area contributed by atoms with Crippen LogP contribution in [-0.2, 0) is 10.2 Å². The number of halogens is 1. The molecule has 28 heavy (non-hydrogen) atoms. The van der Waals surface area contributed by atoms with Crippen molar-refractivity contribution in [1.82, 2.24) is 5.32 Å². The standard InChI is InChI=1S/C21H22FNO5/c1-2-27-18-10-14(6-7-17(18)28-12-19(24)25)20(26)23-13-21(8-9-21)15-4-3-5-16(22)11-15/h3-7,10-11H,2,8-9,12-13H2,1H3,(H,23,26)(H,24,25). The highest BCUT2D eigenvalue weighted by molar-refractivity contribution is 5.95. The van der Waals surface area contributed by atoms with Crippen LogP contribution in [0, 0.1) is 5.82 Å². The number of hydrogen-bond donors (Lipinski definition) is 2. The molecule has 1 amide bonds. The molecule has 2 N–H and O–H groups in total. The average molecular weight is 387 g/mol. The van der Waals surface area contributed by atoms with Crippen LogP contribution in [0.5, 0.6) is 11.5 Å². The van der Waals surface area contributed by atoms with E-state index in [4.69, 9.17) is 14.6 Å².